The number of carbonyl (C=O) groups excluding carboxylic acids is 1. The molecule has 0 aliphatic carbocycles. The standard InChI is InChI=1S/C14H20BN3O3/c1-2-18(9-15(20)21)14(19)12(16)7-10-8-17-13-6-4-3-5-11(10)13/h3-6,8,12,17,20-21H,2,7,9,16H2,1H3/t12-/m0/s1. The van der Waals surface area contributed by atoms with Crippen LogP contribution >= 0.6 is 0 Å². The van der Waals surface area contributed by atoms with E-state index in [1.807, 2.05) is 30.5 Å². The van der Waals surface area contributed by atoms with Crippen molar-refractivity contribution in [2.75, 3.05) is 13.0 Å². The number of hydrogen-bond acceptors (Lipinski definition) is 4. The summed E-state index contributed by atoms with van der Waals surface area (Å²) in [6.07, 6.45) is 2.13. The summed E-state index contributed by atoms with van der Waals surface area (Å²) in [6.45, 7) is 2.16. The van der Waals surface area contributed by atoms with Crippen molar-refractivity contribution in [2.45, 2.75) is 19.4 Å². The predicted octanol–water partition coefficient (Wildman–Crippen LogP) is -0.102. The Hall–Kier alpha value is -1.83. The van der Waals surface area contributed by atoms with Crippen LogP contribution in [0.3, 0.4) is 0 Å². The predicted molar refractivity (Wildman–Crippen MR) is 82.4 cm³/mol. The van der Waals surface area contributed by atoms with Gasteiger partial charge < -0.3 is 25.7 Å². The second-order valence-electron chi connectivity index (χ2n) is 5.03. The number of para-hydroxylation sites is 1. The molecule has 1 aromatic carbocycles. The molecule has 0 saturated carbocycles. The zero-order chi connectivity index (χ0) is 15.4. The average molecular weight is 289 g/mol. The Morgan fingerprint density at radius 3 is 2.81 bits per heavy atom. The van der Waals surface area contributed by atoms with Crippen LogP contribution in [0.15, 0.2) is 30.5 Å². The van der Waals surface area contributed by atoms with Gasteiger partial charge in [0.05, 0.1) is 12.5 Å². The summed E-state index contributed by atoms with van der Waals surface area (Å²) >= 11 is 0. The number of rotatable bonds is 6. The molecule has 0 bridgehead atoms. The number of nitrogens with one attached hydrogen (secondary N) is 1. The molecule has 112 valence electrons. The molecule has 1 amide bonds. The van der Waals surface area contributed by atoms with Crippen molar-refractivity contribution in [3.8, 4) is 0 Å². The van der Waals surface area contributed by atoms with Gasteiger partial charge in [0.2, 0.25) is 5.91 Å². The number of likely N-dealkylation sites (N-methyl/N-ethyl adjacent to an activating group) is 1. The Kier molecular flexibility index (Phi) is 5.00. The summed E-state index contributed by atoms with van der Waals surface area (Å²) in [7, 11) is -1.55. The first kappa shape index (κ1) is 15.6. The second-order valence-corrected chi connectivity index (χ2v) is 5.03. The van der Waals surface area contributed by atoms with Gasteiger partial charge in [-0.3, -0.25) is 4.79 Å². The Balaban J connectivity index is 2.09. The van der Waals surface area contributed by atoms with Crippen molar-refractivity contribution in [1.82, 2.24) is 9.88 Å². The molecule has 0 saturated heterocycles. The molecular formula is C14H20BN3O3. The molecule has 21 heavy (non-hydrogen) atoms. The summed E-state index contributed by atoms with van der Waals surface area (Å²) in [4.78, 5) is 16.7. The first-order valence-electron chi connectivity index (χ1n) is 6.98. The number of carbonyl (C=O) groups is 1. The minimum absolute atomic E-state index is 0.128. The van der Waals surface area contributed by atoms with Crippen molar-refractivity contribution in [3.63, 3.8) is 0 Å². The molecule has 0 aliphatic heterocycles. The Labute approximate surface area is 123 Å². The Morgan fingerprint density at radius 2 is 2.14 bits per heavy atom. The molecule has 7 heteroatoms. The van der Waals surface area contributed by atoms with E-state index in [0.717, 1.165) is 16.5 Å². The number of fused-ring (bicyclic) bond motifs is 1. The lowest BCUT2D eigenvalue weighted by atomic mass is 9.90. The van der Waals surface area contributed by atoms with Crippen LogP contribution in [-0.2, 0) is 11.2 Å². The minimum Gasteiger partial charge on any atom is -0.426 e. The fraction of sp³-hybridized carbons (Fsp3) is 0.357. The fourth-order valence-corrected chi connectivity index (χ4v) is 2.43. The van der Waals surface area contributed by atoms with Crippen LogP contribution in [0.4, 0.5) is 0 Å². The molecule has 2 rings (SSSR count). The van der Waals surface area contributed by atoms with E-state index in [2.05, 4.69) is 4.98 Å². The van der Waals surface area contributed by atoms with Crippen LogP contribution in [0.25, 0.3) is 10.9 Å². The third-order valence-electron chi connectivity index (χ3n) is 3.51. The van der Waals surface area contributed by atoms with Crippen molar-refractivity contribution >= 4 is 23.9 Å². The lowest BCUT2D eigenvalue weighted by Crippen LogP contribution is -2.48. The Bertz CT molecular complexity index is 614. The lowest BCUT2D eigenvalue weighted by molar-refractivity contribution is -0.131. The monoisotopic (exact) mass is 289 g/mol. The van der Waals surface area contributed by atoms with Gasteiger partial charge >= 0.3 is 7.12 Å². The number of H-pyrrole nitrogens is 1. The molecule has 0 unspecified atom stereocenters. The number of aromatic amines is 1. The van der Waals surface area contributed by atoms with Crippen LogP contribution in [0.5, 0.6) is 0 Å². The lowest BCUT2D eigenvalue weighted by Gasteiger charge is -2.24. The highest BCUT2D eigenvalue weighted by Gasteiger charge is 2.24. The van der Waals surface area contributed by atoms with E-state index >= 15 is 0 Å². The van der Waals surface area contributed by atoms with Gasteiger partial charge in [0.15, 0.2) is 0 Å². The molecule has 0 aliphatic rings. The molecule has 1 heterocycles. The maximum atomic E-state index is 12.2. The van der Waals surface area contributed by atoms with Gasteiger partial charge in [0, 0.05) is 23.6 Å². The third-order valence-corrected chi connectivity index (χ3v) is 3.51. The molecular weight excluding hydrogens is 269 g/mol. The number of hydrogen-bond donors (Lipinski definition) is 4. The highest BCUT2D eigenvalue weighted by atomic mass is 16.4. The first-order chi connectivity index (χ1) is 10.0. The van der Waals surface area contributed by atoms with Crippen LogP contribution in [0.1, 0.15) is 12.5 Å². The largest absolute Gasteiger partial charge is 0.472 e. The highest BCUT2D eigenvalue weighted by molar-refractivity contribution is 6.41. The smallest absolute Gasteiger partial charge is 0.426 e. The van der Waals surface area contributed by atoms with Gasteiger partial charge in [-0.2, -0.15) is 0 Å². The molecule has 1 atom stereocenters. The number of aromatic nitrogens is 1. The van der Waals surface area contributed by atoms with Crippen molar-refractivity contribution < 1.29 is 14.8 Å². The topological polar surface area (TPSA) is 103 Å². The quantitative estimate of drug-likeness (QED) is 0.557. The zero-order valence-electron chi connectivity index (χ0n) is 12.0. The summed E-state index contributed by atoms with van der Waals surface area (Å²) in [5.41, 5.74) is 7.97. The van der Waals surface area contributed by atoms with Crippen LogP contribution in [-0.4, -0.2) is 52.0 Å². The van der Waals surface area contributed by atoms with Gasteiger partial charge in [-0.1, -0.05) is 18.2 Å². The SMILES string of the molecule is CCN(CB(O)O)C(=O)[C@@H](N)Cc1c[nH]c2ccccc12. The van der Waals surface area contributed by atoms with Crippen LogP contribution in [0.2, 0.25) is 0 Å². The van der Waals surface area contributed by atoms with Crippen LogP contribution < -0.4 is 5.73 Å². The number of amides is 1. The van der Waals surface area contributed by atoms with Crippen molar-refractivity contribution in [3.05, 3.63) is 36.0 Å². The maximum absolute atomic E-state index is 12.2. The van der Waals surface area contributed by atoms with Gasteiger partial charge in [-0.25, -0.2) is 0 Å². The zero-order valence-corrected chi connectivity index (χ0v) is 12.0. The molecule has 1 aromatic heterocycles. The molecule has 5 N–H and O–H groups in total. The molecule has 0 fully saturated rings. The molecule has 0 spiro atoms. The van der Waals surface area contributed by atoms with E-state index in [1.54, 1.807) is 6.92 Å². The molecule has 2 aromatic rings. The van der Waals surface area contributed by atoms with E-state index in [0.29, 0.717) is 13.0 Å². The number of benzene rings is 1. The van der Waals surface area contributed by atoms with Gasteiger partial charge in [-0.15, -0.1) is 0 Å². The summed E-state index contributed by atoms with van der Waals surface area (Å²) < 4.78 is 0. The van der Waals surface area contributed by atoms with E-state index in [4.69, 9.17) is 15.8 Å². The summed E-state index contributed by atoms with van der Waals surface area (Å²) in [5.74, 6) is -0.282. The van der Waals surface area contributed by atoms with Crippen LogP contribution in [0, 0.1) is 0 Å². The summed E-state index contributed by atoms with van der Waals surface area (Å²) in [6, 6.07) is 7.12. The van der Waals surface area contributed by atoms with Crippen molar-refractivity contribution in [2.24, 2.45) is 5.73 Å². The fourth-order valence-electron chi connectivity index (χ4n) is 2.43. The molecule has 0 radical (unpaired) electrons. The third kappa shape index (κ3) is 3.63. The van der Waals surface area contributed by atoms with E-state index in [9.17, 15) is 4.79 Å². The maximum Gasteiger partial charge on any atom is 0.472 e. The minimum atomic E-state index is -1.55. The highest BCUT2D eigenvalue weighted by Crippen LogP contribution is 2.19. The normalized spacial score (nSPS) is 12.4. The molecule has 6 nitrogen and oxygen atoms in total. The average Bonchev–Trinajstić information content (AvgIpc) is 2.87. The Morgan fingerprint density at radius 1 is 1.43 bits per heavy atom. The number of nitrogens with zero attached hydrogens (tertiary/aromatic N) is 1. The van der Waals surface area contributed by atoms with Gasteiger partial charge in [-0.05, 0) is 25.0 Å². The van der Waals surface area contributed by atoms with E-state index < -0.39 is 13.2 Å². The summed E-state index contributed by atoms with van der Waals surface area (Å²) in [5, 5.41) is 19.0. The van der Waals surface area contributed by atoms with Gasteiger partial charge in [0.25, 0.3) is 0 Å². The second kappa shape index (κ2) is 6.75. The van der Waals surface area contributed by atoms with E-state index in [-0.39, 0.29) is 12.4 Å². The van der Waals surface area contributed by atoms with Gasteiger partial charge in [0.1, 0.15) is 0 Å². The first-order valence-corrected chi connectivity index (χ1v) is 6.98. The van der Waals surface area contributed by atoms with Crippen molar-refractivity contribution in [1.29, 1.82) is 0 Å². The number of nitrogens with two attached hydrogens (primary N) is 1. The van der Waals surface area contributed by atoms with E-state index in [1.165, 1.54) is 4.90 Å².